The second kappa shape index (κ2) is 17.7. The standard InChI is InChI=1S/C17H29N2.C17H30N2/c1-3-4-5-7-12-18-14-10-17(11-15-18)19-13-8-6-9-16(19)2;1-3-4-5-6-11-18-12-9-17(10-13-18)19-14-7-16(2)8-15-19/h10-11,14-16H,3-9,12-13H2,1-2H3;9-10,12-13,16-17H,3-8,11,14-15H2,1-2H3/q+1;. The predicted molar refractivity (Wildman–Crippen MR) is 164 cm³/mol. The molecule has 0 N–H and O–H groups in total. The number of aromatic nitrogens is 1. The van der Waals surface area contributed by atoms with E-state index in [-0.39, 0.29) is 0 Å². The summed E-state index contributed by atoms with van der Waals surface area (Å²) in [6, 6.07) is 5.83. The van der Waals surface area contributed by atoms with Crippen molar-refractivity contribution in [3.05, 3.63) is 49.1 Å². The molecule has 2 fully saturated rings. The average molecular weight is 524 g/mol. The molecule has 0 amide bonds. The van der Waals surface area contributed by atoms with Crippen LogP contribution in [0.2, 0.25) is 0 Å². The first-order chi connectivity index (χ1) is 18.6. The average Bonchev–Trinajstić information content (AvgIpc) is 2.95. The minimum atomic E-state index is 0.541. The molecule has 3 aliphatic rings. The van der Waals surface area contributed by atoms with Gasteiger partial charge in [-0.15, -0.1) is 0 Å². The lowest BCUT2D eigenvalue weighted by molar-refractivity contribution is -0.697. The van der Waals surface area contributed by atoms with Crippen molar-refractivity contribution in [3.63, 3.8) is 0 Å². The Bertz CT molecular complexity index is 779. The Balaban J connectivity index is 0.000000211. The fraction of sp³-hybridized carbons (Fsp3) is 0.735. The molecule has 4 rings (SSSR count). The first-order valence-electron chi connectivity index (χ1n) is 16.2. The van der Waals surface area contributed by atoms with Crippen molar-refractivity contribution in [1.29, 1.82) is 0 Å². The quantitative estimate of drug-likeness (QED) is 0.204. The van der Waals surface area contributed by atoms with Gasteiger partial charge in [-0.25, -0.2) is 4.57 Å². The molecular formula is C34H59N4+. The number of aryl methyl sites for hydroxylation is 1. The largest absolute Gasteiger partial charge is 0.368 e. The summed E-state index contributed by atoms with van der Waals surface area (Å²) in [6.45, 7) is 15.3. The van der Waals surface area contributed by atoms with E-state index in [1.165, 1.54) is 115 Å². The molecule has 0 radical (unpaired) electrons. The molecule has 2 saturated heterocycles. The lowest BCUT2D eigenvalue weighted by atomic mass is 9.97. The van der Waals surface area contributed by atoms with Crippen LogP contribution in [0.1, 0.15) is 111 Å². The number of rotatable bonds is 12. The molecule has 1 unspecified atom stereocenters. The lowest BCUT2D eigenvalue weighted by Gasteiger charge is -2.35. The number of pyridine rings is 1. The van der Waals surface area contributed by atoms with E-state index < -0.39 is 0 Å². The van der Waals surface area contributed by atoms with Crippen LogP contribution >= 0.6 is 0 Å². The van der Waals surface area contributed by atoms with Gasteiger partial charge in [-0.3, -0.25) is 4.90 Å². The van der Waals surface area contributed by atoms with Gasteiger partial charge in [-0.1, -0.05) is 52.9 Å². The smallest absolute Gasteiger partial charge is 0.170 e. The van der Waals surface area contributed by atoms with Gasteiger partial charge in [-0.2, -0.15) is 0 Å². The minimum Gasteiger partial charge on any atom is -0.368 e. The van der Waals surface area contributed by atoms with E-state index in [0.717, 1.165) is 12.5 Å². The number of likely N-dealkylation sites (tertiary alicyclic amines) is 1. The van der Waals surface area contributed by atoms with Crippen molar-refractivity contribution in [2.24, 2.45) is 5.92 Å². The van der Waals surface area contributed by atoms with Crippen LogP contribution in [0.5, 0.6) is 0 Å². The third-order valence-electron chi connectivity index (χ3n) is 8.74. The second-order valence-corrected chi connectivity index (χ2v) is 12.1. The van der Waals surface area contributed by atoms with Crippen LogP contribution < -0.4 is 9.47 Å². The van der Waals surface area contributed by atoms with Gasteiger partial charge in [0, 0.05) is 61.8 Å². The Hall–Kier alpha value is -1.81. The summed E-state index contributed by atoms with van der Waals surface area (Å²) < 4.78 is 2.33. The summed E-state index contributed by atoms with van der Waals surface area (Å²) in [7, 11) is 0. The zero-order valence-electron chi connectivity index (χ0n) is 25.4. The molecule has 4 heterocycles. The Morgan fingerprint density at radius 1 is 0.763 bits per heavy atom. The molecule has 3 aliphatic heterocycles. The summed E-state index contributed by atoms with van der Waals surface area (Å²) in [4.78, 5) is 7.52. The molecule has 1 atom stereocenters. The fourth-order valence-corrected chi connectivity index (χ4v) is 5.94. The molecule has 38 heavy (non-hydrogen) atoms. The summed E-state index contributed by atoms with van der Waals surface area (Å²) in [6.07, 6.45) is 31.3. The van der Waals surface area contributed by atoms with Gasteiger partial charge >= 0.3 is 0 Å². The third-order valence-corrected chi connectivity index (χ3v) is 8.74. The Kier molecular flexibility index (Phi) is 14.3. The molecule has 0 aromatic carbocycles. The molecule has 0 saturated carbocycles. The van der Waals surface area contributed by atoms with Gasteiger partial charge < -0.3 is 9.80 Å². The van der Waals surface area contributed by atoms with Crippen molar-refractivity contribution in [1.82, 2.24) is 9.80 Å². The third kappa shape index (κ3) is 10.8. The van der Waals surface area contributed by atoms with E-state index in [0.29, 0.717) is 12.1 Å². The van der Waals surface area contributed by atoms with Crippen molar-refractivity contribution in [2.75, 3.05) is 31.1 Å². The monoisotopic (exact) mass is 523 g/mol. The van der Waals surface area contributed by atoms with Crippen molar-refractivity contribution in [2.45, 2.75) is 130 Å². The molecule has 4 nitrogen and oxygen atoms in total. The summed E-state index contributed by atoms with van der Waals surface area (Å²) >= 11 is 0. The van der Waals surface area contributed by atoms with Crippen LogP contribution in [0.3, 0.4) is 0 Å². The van der Waals surface area contributed by atoms with Crippen LogP contribution in [0.4, 0.5) is 5.69 Å². The summed E-state index contributed by atoms with van der Waals surface area (Å²) in [5, 5.41) is 0. The molecule has 214 valence electrons. The van der Waals surface area contributed by atoms with Gasteiger partial charge in [0.1, 0.15) is 6.54 Å². The highest BCUT2D eigenvalue weighted by molar-refractivity contribution is 5.45. The molecule has 0 spiro atoms. The van der Waals surface area contributed by atoms with Gasteiger partial charge in [0.2, 0.25) is 0 Å². The topological polar surface area (TPSA) is 13.6 Å². The zero-order valence-corrected chi connectivity index (χ0v) is 25.4. The molecule has 1 aromatic heterocycles. The number of hydrogen-bond acceptors (Lipinski definition) is 3. The lowest BCUT2D eigenvalue weighted by Crippen LogP contribution is -2.40. The Morgan fingerprint density at radius 2 is 1.42 bits per heavy atom. The highest BCUT2D eigenvalue weighted by atomic mass is 15.2. The fourth-order valence-electron chi connectivity index (χ4n) is 5.94. The minimum absolute atomic E-state index is 0.541. The van der Waals surface area contributed by atoms with Crippen LogP contribution in [-0.4, -0.2) is 48.1 Å². The molecule has 0 bridgehead atoms. The van der Waals surface area contributed by atoms with E-state index in [1.807, 2.05) is 0 Å². The van der Waals surface area contributed by atoms with E-state index in [1.54, 1.807) is 0 Å². The van der Waals surface area contributed by atoms with Gasteiger partial charge in [0.15, 0.2) is 12.4 Å². The van der Waals surface area contributed by atoms with Gasteiger partial charge in [0.05, 0.1) is 0 Å². The highest BCUT2D eigenvalue weighted by Gasteiger charge is 2.21. The molecule has 1 aromatic rings. The molecular weight excluding hydrogens is 464 g/mol. The van der Waals surface area contributed by atoms with Crippen LogP contribution in [0, 0.1) is 5.92 Å². The normalized spacial score (nSPS) is 21.0. The maximum Gasteiger partial charge on any atom is 0.170 e. The number of nitrogens with zero attached hydrogens (tertiary/aromatic N) is 4. The number of hydrogen-bond donors (Lipinski definition) is 0. The van der Waals surface area contributed by atoms with Crippen LogP contribution in [-0.2, 0) is 6.54 Å². The first kappa shape index (κ1) is 30.7. The first-order valence-corrected chi connectivity index (χ1v) is 16.2. The second-order valence-electron chi connectivity index (χ2n) is 12.1. The van der Waals surface area contributed by atoms with E-state index in [9.17, 15) is 0 Å². The number of piperidine rings is 2. The Labute approximate surface area is 235 Å². The Morgan fingerprint density at radius 3 is 2.05 bits per heavy atom. The van der Waals surface area contributed by atoms with E-state index >= 15 is 0 Å². The predicted octanol–water partition coefficient (Wildman–Crippen LogP) is 7.94. The van der Waals surface area contributed by atoms with E-state index in [4.69, 9.17) is 0 Å². The number of unbranched alkanes of at least 4 members (excludes halogenated alkanes) is 6. The number of anilines is 1. The van der Waals surface area contributed by atoms with Crippen molar-refractivity contribution >= 4 is 5.69 Å². The highest BCUT2D eigenvalue weighted by Crippen LogP contribution is 2.23. The maximum atomic E-state index is 2.61. The van der Waals surface area contributed by atoms with Gasteiger partial charge in [-0.05, 0) is 83.0 Å². The van der Waals surface area contributed by atoms with Crippen LogP contribution in [0.25, 0.3) is 0 Å². The summed E-state index contributed by atoms with van der Waals surface area (Å²) in [5.41, 5.74) is 1.40. The molecule has 0 aliphatic carbocycles. The summed E-state index contributed by atoms with van der Waals surface area (Å²) in [5.74, 6) is 0.919. The SMILES string of the molecule is CCCCCCN1C=CC(N2CCC(C)CC2)C=C1.CCCCCC[n+]1ccc(N2CCCCC2C)cc1. The zero-order chi connectivity index (χ0) is 27.0. The van der Waals surface area contributed by atoms with Crippen molar-refractivity contribution in [3.8, 4) is 0 Å². The van der Waals surface area contributed by atoms with E-state index in [2.05, 4.69) is 96.0 Å². The van der Waals surface area contributed by atoms with Gasteiger partial charge in [0.25, 0.3) is 0 Å². The van der Waals surface area contributed by atoms with Crippen LogP contribution in [0.15, 0.2) is 49.1 Å². The maximum absolute atomic E-state index is 2.61. The molecule has 4 heteroatoms. The van der Waals surface area contributed by atoms with Crippen molar-refractivity contribution < 1.29 is 4.57 Å².